The molecule has 7 nitrogen and oxygen atoms in total. The third-order valence-electron chi connectivity index (χ3n) is 5.23. The van der Waals surface area contributed by atoms with Crippen molar-refractivity contribution in [2.45, 2.75) is 18.9 Å². The van der Waals surface area contributed by atoms with Gasteiger partial charge in [0, 0.05) is 18.0 Å². The summed E-state index contributed by atoms with van der Waals surface area (Å²) in [5.74, 6) is -1.81. The minimum absolute atomic E-state index is 0.106. The maximum atomic E-state index is 13.1. The molecule has 0 saturated carbocycles. The lowest BCUT2D eigenvalue weighted by molar-refractivity contribution is -0.139. The summed E-state index contributed by atoms with van der Waals surface area (Å²) in [7, 11) is 0. The van der Waals surface area contributed by atoms with Crippen molar-refractivity contribution in [3.63, 3.8) is 0 Å². The van der Waals surface area contributed by atoms with E-state index in [1.54, 1.807) is 24.4 Å². The number of hydrogen-bond acceptors (Lipinski definition) is 5. The summed E-state index contributed by atoms with van der Waals surface area (Å²) in [5.41, 5.74) is 4.07. The zero-order valence-corrected chi connectivity index (χ0v) is 20.0. The van der Waals surface area contributed by atoms with E-state index in [0.717, 1.165) is 16.7 Å². The van der Waals surface area contributed by atoms with E-state index in [4.69, 9.17) is 5.11 Å². The summed E-state index contributed by atoms with van der Waals surface area (Å²) >= 11 is 1.52. The molecule has 1 atom stereocenters. The van der Waals surface area contributed by atoms with Crippen LogP contribution in [0.1, 0.15) is 33.5 Å². The van der Waals surface area contributed by atoms with E-state index in [1.807, 2.05) is 54.8 Å². The standard InChI is InChI=1S/C27H26N2O5S/c1-35-12-11-24(27(33)34)29-26(32)22-10-9-18(14-23(22)21-5-3-2-4-6-21)7-8-19-13-20(15-25(30)31)17-28-16-19/h2-10,13-14,16-17,24H,11-12,15H2,1H3,(H,29,32)(H,30,31)(H,33,34). The fraction of sp³-hybridized carbons (Fsp3) is 0.185. The van der Waals surface area contributed by atoms with Crippen LogP contribution in [0.4, 0.5) is 0 Å². The molecule has 0 radical (unpaired) electrons. The smallest absolute Gasteiger partial charge is 0.326 e. The van der Waals surface area contributed by atoms with E-state index in [9.17, 15) is 19.5 Å². The second-order valence-electron chi connectivity index (χ2n) is 7.85. The molecule has 0 fully saturated rings. The van der Waals surface area contributed by atoms with Gasteiger partial charge in [0.1, 0.15) is 6.04 Å². The highest BCUT2D eigenvalue weighted by Gasteiger charge is 2.22. The average molecular weight is 491 g/mol. The number of benzene rings is 2. The molecule has 1 aromatic heterocycles. The number of amides is 1. The zero-order valence-electron chi connectivity index (χ0n) is 19.2. The first kappa shape index (κ1) is 25.7. The van der Waals surface area contributed by atoms with Gasteiger partial charge in [-0.2, -0.15) is 11.8 Å². The minimum atomic E-state index is -1.06. The molecule has 0 saturated heterocycles. The highest BCUT2D eigenvalue weighted by molar-refractivity contribution is 7.98. The first-order valence-corrected chi connectivity index (χ1v) is 12.3. The molecule has 8 heteroatoms. The lowest BCUT2D eigenvalue weighted by atomic mass is 9.96. The van der Waals surface area contributed by atoms with Crippen LogP contribution in [-0.4, -0.2) is 51.1 Å². The van der Waals surface area contributed by atoms with Gasteiger partial charge in [-0.05, 0) is 64.4 Å². The van der Waals surface area contributed by atoms with Gasteiger partial charge in [0.05, 0.1) is 6.42 Å². The van der Waals surface area contributed by atoms with Crippen molar-refractivity contribution in [2.24, 2.45) is 0 Å². The van der Waals surface area contributed by atoms with Crippen LogP contribution >= 0.6 is 11.8 Å². The van der Waals surface area contributed by atoms with Crippen molar-refractivity contribution in [3.8, 4) is 11.1 Å². The molecule has 35 heavy (non-hydrogen) atoms. The highest BCUT2D eigenvalue weighted by Crippen LogP contribution is 2.26. The molecular weight excluding hydrogens is 464 g/mol. The Morgan fingerprint density at radius 3 is 2.43 bits per heavy atom. The van der Waals surface area contributed by atoms with Gasteiger partial charge in [-0.15, -0.1) is 0 Å². The number of carboxylic acids is 2. The molecule has 0 aliphatic heterocycles. The minimum Gasteiger partial charge on any atom is -0.481 e. The first-order chi connectivity index (χ1) is 16.9. The van der Waals surface area contributed by atoms with Gasteiger partial charge in [0.2, 0.25) is 0 Å². The maximum Gasteiger partial charge on any atom is 0.326 e. The monoisotopic (exact) mass is 490 g/mol. The molecule has 0 aliphatic carbocycles. The fourth-order valence-electron chi connectivity index (χ4n) is 3.51. The van der Waals surface area contributed by atoms with Gasteiger partial charge in [0.25, 0.3) is 5.91 Å². The first-order valence-electron chi connectivity index (χ1n) is 10.9. The van der Waals surface area contributed by atoms with Gasteiger partial charge < -0.3 is 15.5 Å². The molecular formula is C27H26N2O5S. The van der Waals surface area contributed by atoms with Crippen LogP contribution < -0.4 is 5.32 Å². The Hall–Kier alpha value is -3.91. The molecule has 3 aromatic rings. The number of carbonyl (C=O) groups excluding carboxylic acids is 1. The summed E-state index contributed by atoms with van der Waals surface area (Å²) < 4.78 is 0. The Kier molecular flexibility index (Phi) is 9.20. The molecule has 180 valence electrons. The van der Waals surface area contributed by atoms with Crippen LogP contribution in [0.2, 0.25) is 0 Å². The number of nitrogens with one attached hydrogen (secondary N) is 1. The largest absolute Gasteiger partial charge is 0.481 e. The van der Waals surface area contributed by atoms with Gasteiger partial charge >= 0.3 is 11.9 Å². The van der Waals surface area contributed by atoms with E-state index in [0.29, 0.717) is 28.9 Å². The van der Waals surface area contributed by atoms with Crippen LogP contribution in [0, 0.1) is 0 Å². The lowest BCUT2D eigenvalue weighted by Crippen LogP contribution is -2.41. The number of aromatic nitrogens is 1. The number of thioether (sulfide) groups is 1. The van der Waals surface area contributed by atoms with Crippen molar-refractivity contribution in [3.05, 3.63) is 89.2 Å². The van der Waals surface area contributed by atoms with Crippen molar-refractivity contribution in [1.82, 2.24) is 10.3 Å². The van der Waals surface area contributed by atoms with Gasteiger partial charge in [-0.1, -0.05) is 48.6 Å². The predicted octanol–water partition coefficient (Wildman–Crippen LogP) is 4.48. The third kappa shape index (κ3) is 7.55. The lowest BCUT2D eigenvalue weighted by Gasteiger charge is -2.16. The molecule has 3 N–H and O–H groups in total. The molecule has 3 rings (SSSR count). The summed E-state index contributed by atoms with van der Waals surface area (Å²) in [6.07, 6.45) is 8.96. The molecule has 2 aromatic carbocycles. The highest BCUT2D eigenvalue weighted by atomic mass is 32.2. The van der Waals surface area contributed by atoms with Crippen molar-refractivity contribution in [2.75, 3.05) is 12.0 Å². The van der Waals surface area contributed by atoms with Gasteiger partial charge in [-0.3, -0.25) is 14.6 Å². The molecule has 0 bridgehead atoms. The quantitative estimate of drug-likeness (QED) is 0.363. The Bertz CT molecular complexity index is 1230. The Morgan fingerprint density at radius 2 is 1.74 bits per heavy atom. The van der Waals surface area contributed by atoms with Crippen LogP contribution in [0.25, 0.3) is 23.3 Å². The maximum absolute atomic E-state index is 13.1. The van der Waals surface area contributed by atoms with Crippen molar-refractivity contribution < 1.29 is 24.6 Å². The summed E-state index contributed by atoms with van der Waals surface area (Å²) in [6.45, 7) is 0. The number of pyridine rings is 1. The second kappa shape index (κ2) is 12.5. The number of carbonyl (C=O) groups is 3. The van der Waals surface area contributed by atoms with Gasteiger partial charge in [-0.25, -0.2) is 4.79 Å². The number of hydrogen-bond donors (Lipinski definition) is 3. The number of aliphatic carboxylic acids is 2. The predicted molar refractivity (Wildman–Crippen MR) is 138 cm³/mol. The molecule has 1 heterocycles. The van der Waals surface area contributed by atoms with E-state index in [-0.39, 0.29) is 6.42 Å². The third-order valence-corrected chi connectivity index (χ3v) is 5.87. The number of rotatable bonds is 11. The van der Waals surface area contributed by atoms with E-state index < -0.39 is 23.9 Å². The summed E-state index contributed by atoms with van der Waals surface area (Å²) in [5, 5.41) is 21.1. The van der Waals surface area contributed by atoms with Crippen LogP contribution in [0.3, 0.4) is 0 Å². The molecule has 0 spiro atoms. The zero-order chi connectivity index (χ0) is 25.2. The van der Waals surface area contributed by atoms with E-state index >= 15 is 0 Å². The number of carboxylic acid groups (broad SMARTS) is 2. The van der Waals surface area contributed by atoms with Gasteiger partial charge in [0.15, 0.2) is 0 Å². The van der Waals surface area contributed by atoms with Crippen LogP contribution in [-0.2, 0) is 16.0 Å². The summed E-state index contributed by atoms with van der Waals surface area (Å²) in [4.78, 5) is 39.8. The Balaban J connectivity index is 1.91. The normalized spacial score (nSPS) is 11.8. The Morgan fingerprint density at radius 1 is 1.00 bits per heavy atom. The molecule has 1 amide bonds. The van der Waals surface area contributed by atoms with Crippen molar-refractivity contribution in [1.29, 1.82) is 0 Å². The average Bonchev–Trinajstić information content (AvgIpc) is 2.85. The summed E-state index contributed by atoms with van der Waals surface area (Å²) in [6, 6.07) is 15.5. The molecule has 1 unspecified atom stereocenters. The second-order valence-corrected chi connectivity index (χ2v) is 8.83. The number of nitrogens with zero attached hydrogens (tertiary/aromatic N) is 1. The van der Waals surface area contributed by atoms with E-state index in [1.165, 1.54) is 18.0 Å². The SMILES string of the molecule is CSCCC(NC(=O)c1ccc(C=Cc2cncc(CC(=O)O)c2)cc1-c1ccccc1)C(=O)O. The van der Waals surface area contributed by atoms with Crippen molar-refractivity contribution >= 4 is 41.8 Å². The van der Waals surface area contributed by atoms with Crippen LogP contribution in [0.15, 0.2) is 67.0 Å². The fourth-order valence-corrected chi connectivity index (χ4v) is 3.98. The van der Waals surface area contributed by atoms with E-state index in [2.05, 4.69) is 10.3 Å². The topological polar surface area (TPSA) is 117 Å². The van der Waals surface area contributed by atoms with Crippen LogP contribution in [0.5, 0.6) is 0 Å². The Labute approximate surface area is 207 Å². The molecule has 0 aliphatic rings.